The second-order valence-corrected chi connectivity index (χ2v) is 8.27. The Balaban J connectivity index is 0.000000213. The fourth-order valence-electron chi connectivity index (χ4n) is 2.99. The van der Waals surface area contributed by atoms with Gasteiger partial charge in [-0.2, -0.15) is 0 Å². The summed E-state index contributed by atoms with van der Waals surface area (Å²) in [5, 5.41) is 0.748. The second-order valence-electron chi connectivity index (χ2n) is 6.28. The molecule has 0 amide bonds. The van der Waals surface area contributed by atoms with E-state index in [1.165, 1.54) is 0 Å². The van der Waals surface area contributed by atoms with Gasteiger partial charge in [0.2, 0.25) is 0 Å². The average molecular weight is 472 g/mol. The van der Waals surface area contributed by atoms with Gasteiger partial charge in [0.25, 0.3) is 0 Å². The molecule has 4 aromatic carbocycles. The molecule has 0 saturated heterocycles. The minimum Gasteiger partial charge on any atom is -0.591 e. The predicted molar refractivity (Wildman–Crippen MR) is 124 cm³/mol. The zero-order valence-electron chi connectivity index (χ0n) is 16.6. The average Bonchev–Trinajstić information content (AvgIpc) is 2.80. The number of rotatable bonds is 4. The van der Waals surface area contributed by atoms with Gasteiger partial charge in [-0.3, -0.25) is 0 Å². The van der Waals surface area contributed by atoms with Crippen molar-refractivity contribution in [2.45, 2.75) is 0 Å². The smallest absolute Gasteiger partial charge is 0.591 e. The quantitative estimate of drug-likeness (QED) is 0.335. The molecule has 2 atom stereocenters. The molecule has 0 heterocycles. The van der Waals surface area contributed by atoms with Crippen LogP contribution >= 0.6 is 16.1 Å². The van der Waals surface area contributed by atoms with Crippen LogP contribution in [0.2, 0.25) is 0 Å². The molecule has 0 aliphatic rings. The second kappa shape index (κ2) is 13.0. The number of benzene rings is 4. The number of hydrogen-bond donors (Lipinski definition) is 0. The zero-order chi connectivity index (χ0) is 21.3. The van der Waals surface area contributed by atoms with Crippen LogP contribution in [0.15, 0.2) is 109 Å². The maximum Gasteiger partial charge on any atom is 2.00 e. The van der Waals surface area contributed by atoms with Crippen molar-refractivity contribution in [2.75, 3.05) is 0 Å². The Morgan fingerprint density at radius 1 is 0.452 bits per heavy atom. The molecule has 4 aromatic rings. The van der Waals surface area contributed by atoms with Crippen LogP contribution in [0.1, 0.15) is 0 Å². The largest absolute Gasteiger partial charge is 2.00 e. The van der Waals surface area contributed by atoms with E-state index in [0.717, 1.165) is 22.3 Å². The van der Waals surface area contributed by atoms with Crippen LogP contribution in [0.5, 0.6) is 0 Å². The normalized spacial score (nSPS) is 10.8. The van der Waals surface area contributed by atoms with E-state index < -0.39 is 16.1 Å². The first-order valence-corrected chi connectivity index (χ1v) is 11.5. The van der Waals surface area contributed by atoms with E-state index in [1.54, 1.807) is 24.3 Å². The van der Waals surface area contributed by atoms with Crippen LogP contribution in [0.3, 0.4) is 0 Å². The molecule has 31 heavy (non-hydrogen) atoms. The summed E-state index contributed by atoms with van der Waals surface area (Å²) in [4.78, 5) is 22.1. The summed E-state index contributed by atoms with van der Waals surface area (Å²) in [6, 6.07) is 33.0. The molecule has 0 fully saturated rings. The maximum atomic E-state index is 11.0. The van der Waals surface area contributed by atoms with E-state index in [-0.39, 0.29) is 37.7 Å². The molecular formula is C24H18CaO4P2+2. The van der Waals surface area contributed by atoms with Crippen LogP contribution in [-0.4, -0.2) is 37.7 Å². The minimum absolute atomic E-state index is 0. The van der Waals surface area contributed by atoms with Crippen molar-refractivity contribution in [3.63, 3.8) is 0 Å². The summed E-state index contributed by atoms with van der Waals surface area (Å²) in [6.45, 7) is 0. The van der Waals surface area contributed by atoms with Crippen molar-refractivity contribution in [3.05, 3.63) is 109 Å². The summed E-state index contributed by atoms with van der Waals surface area (Å²) in [7, 11) is -5.08. The van der Waals surface area contributed by atoms with E-state index in [0.29, 0.717) is 10.6 Å². The fourth-order valence-corrected chi connectivity index (χ4v) is 4.21. The van der Waals surface area contributed by atoms with Crippen molar-refractivity contribution < 1.29 is 18.9 Å². The first-order chi connectivity index (χ1) is 14.6. The van der Waals surface area contributed by atoms with Gasteiger partial charge in [0.1, 0.15) is 0 Å². The standard InChI is InChI=1S/2C12H9O2P.Ca/c2*13-15(14)12-9-5-4-8-11(12)10-6-2-1-3-7-10;/h2*1-9H;/q;;+2. The van der Waals surface area contributed by atoms with Crippen LogP contribution in [0.4, 0.5) is 0 Å². The molecule has 7 heteroatoms. The molecule has 4 nitrogen and oxygen atoms in total. The summed E-state index contributed by atoms with van der Waals surface area (Å²) in [5.41, 5.74) is 3.36. The van der Waals surface area contributed by atoms with Crippen molar-refractivity contribution in [2.24, 2.45) is 0 Å². The van der Waals surface area contributed by atoms with Gasteiger partial charge < -0.3 is 9.79 Å². The van der Waals surface area contributed by atoms with Gasteiger partial charge >= 0.3 is 53.8 Å². The Labute approximate surface area is 213 Å². The van der Waals surface area contributed by atoms with Crippen LogP contribution < -0.4 is 20.4 Å². The Kier molecular flexibility index (Phi) is 10.7. The molecule has 0 aliphatic carbocycles. The Bertz CT molecular complexity index is 1060. The monoisotopic (exact) mass is 472 g/mol. The van der Waals surface area contributed by atoms with E-state index in [1.807, 2.05) is 84.9 Å². The fraction of sp³-hybridized carbons (Fsp3) is 0. The van der Waals surface area contributed by atoms with Gasteiger partial charge in [-0.15, -0.1) is 0 Å². The minimum atomic E-state index is -2.54. The van der Waals surface area contributed by atoms with Gasteiger partial charge in [-0.25, -0.2) is 0 Å². The third kappa shape index (κ3) is 7.14. The Hall–Kier alpha value is -1.74. The molecule has 0 aromatic heterocycles. The molecule has 0 radical (unpaired) electrons. The molecule has 0 N–H and O–H groups in total. The first kappa shape index (κ1) is 25.5. The SMILES string of the molecule is O=[P+]([O-])c1ccccc1-c1ccccc1.O=[P+]([O-])c1ccccc1-c1ccccc1.[Ca+2]. The van der Waals surface area contributed by atoms with Crippen molar-refractivity contribution in [3.8, 4) is 22.3 Å². The number of hydrogen-bond acceptors (Lipinski definition) is 4. The zero-order valence-corrected chi connectivity index (χ0v) is 20.6. The van der Waals surface area contributed by atoms with Gasteiger partial charge in [0, 0.05) is 11.1 Å². The predicted octanol–water partition coefficient (Wildman–Crippen LogP) is 3.78. The van der Waals surface area contributed by atoms with E-state index in [9.17, 15) is 18.9 Å². The molecule has 2 unspecified atom stereocenters. The summed E-state index contributed by atoms with van der Waals surface area (Å²) in [6.07, 6.45) is 0. The third-order valence-corrected chi connectivity index (χ3v) is 5.94. The first-order valence-electron chi connectivity index (χ1n) is 9.15. The third-order valence-electron chi connectivity index (χ3n) is 4.37. The molecular weight excluding hydrogens is 454 g/mol. The Morgan fingerprint density at radius 2 is 0.742 bits per heavy atom. The molecule has 0 bridgehead atoms. The van der Waals surface area contributed by atoms with Crippen LogP contribution in [0.25, 0.3) is 22.3 Å². The van der Waals surface area contributed by atoms with Crippen molar-refractivity contribution in [1.82, 2.24) is 0 Å². The van der Waals surface area contributed by atoms with Gasteiger partial charge in [-0.1, -0.05) is 94.1 Å². The van der Waals surface area contributed by atoms with Crippen LogP contribution in [-0.2, 0) is 9.13 Å². The maximum absolute atomic E-state index is 11.0. The van der Waals surface area contributed by atoms with Gasteiger partial charge in [-0.05, 0) is 35.4 Å². The van der Waals surface area contributed by atoms with Gasteiger partial charge in [0.15, 0.2) is 10.6 Å². The topological polar surface area (TPSA) is 80.3 Å². The van der Waals surface area contributed by atoms with E-state index in [2.05, 4.69) is 0 Å². The molecule has 0 saturated carbocycles. The van der Waals surface area contributed by atoms with E-state index in [4.69, 9.17) is 0 Å². The summed E-state index contributed by atoms with van der Waals surface area (Å²) >= 11 is 0. The summed E-state index contributed by atoms with van der Waals surface area (Å²) < 4.78 is 22.1. The van der Waals surface area contributed by atoms with Crippen LogP contribution in [0, 0.1) is 0 Å². The van der Waals surface area contributed by atoms with Gasteiger partial charge in [0.05, 0.1) is 0 Å². The van der Waals surface area contributed by atoms with Crippen molar-refractivity contribution >= 4 is 64.4 Å². The Morgan fingerprint density at radius 3 is 1.06 bits per heavy atom. The summed E-state index contributed by atoms with van der Waals surface area (Å²) in [5.74, 6) is 0. The van der Waals surface area contributed by atoms with E-state index >= 15 is 0 Å². The molecule has 148 valence electrons. The molecule has 0 spiro atoms. The molecule has 4 rings (SSSR count). The molecule has 0 aliphatic heterocycles. The van der Waals surface area contributed by atoms with Crippen molar-refractivity contribution in [1.29, 1.82) is 0 Å².